The summed E-state index contributed by atoms with van der Waals surface area (Å²) in [5.41, 5.74) is 1.60. The average Bonchev–Trinajstić information content (AvgIpc) is 3.10. The van der Waals surface area contributed by atoms with E-state index in [9.17, 15) is 10.1 Å². The van der Waals surface area contributed by atoms with Crippen molar-refractivity contribution in [3.05, 3.63) is 70.1 Å². The van der Waals surface area contributed by atoms with Crippen LogP contribution in [0.2, 0.25) is 0 Å². The predicted octanol–water partition coefficient (Wildman–Crippen LogP) is 4.18. The van der Waals surface area contributed by atoms with E-state index in [2.05, 4.69) is 17.1 Å². The number of nitro groups is 1. The minimum Gasteiger partial charge on any atom is -0.489 e. The number of hydrogen-bond donors (Lipinski definition) is 0. The Balaban J connectivity index is 1.64. The molecule has 1 heterocycles. The quantitative estimate of drug-likeness (QED) is 0.474. The van der Waals surface area contributed by atoms with Crippen LogP contribution in [0.1, 0.15) is 24.8 Å². The predicted molar refractivity (Wildman–Crippen MR) is 91.2 cm³/mol. The van der Waals surface area contributed by atoms with Crippen molar-refractivity contribution < 1.29 is 14.1 Å². The van der Waals surface area contributed by atoms with Crippen LogP contribution in [0.25, 0.3) is 11.5 Å². The number of aromatic nitrogens is 2. The van der Waals surface area contributed by atoms with Crippen molar-refractivity contribution in [2.24, 2.45) is 0 Å². The van der Waals surface area contributed by atoms with Crippen LogP contribution >= 0.6 is 0 Å². The molecule has 0 aliphatic heterocycles. The van der Waals surface area contributed by atoms with Crippen LogP contribution in [-0.2, 0) is 13.0 Å². The van der Waals surface area contributed by atoms with Gasteiger partial charge in [0.25, 0.3) is 5.69 Å². The first-order chi connectivity index (χ1) is 12.2. The highest BCUT2D eigenvalue weighted by Gasteiger charge is 2.09. The van der Waals surface area contributed by atoms with Gasteiger partial charge in [0.1, 0.15) is 12.4 Å². The van der Waals surface area contributed by atoms with E-state index in [1.807, 2.05) is 12.1 Å². The van der Waals surface area contributed by atoms with E-state index < -0.39 is 4.92 Å². The van der Waals surface area contributed by atoms with Gasteiger partial charge in [-0.2, -0.15) is 0 Å². The van der Waals surface area contributed by atoms with Gasteiger partial charge < -0.3 is 9.15 Å². The second-order valence-electron chi connectivity index (χ2n) is 5.49. The highest BCUT2D eigenvalue weighted by molar-refractivity contribution is 5.54. The fraction of sp³-hybridized carbons (Fsp3) is 0.222. The Morgan fingerprint density at radius 1 is 1.16 bits per heavy atom. The van der Waals surface area contributed by atoms with E-state index in [4.69, 9.17) is 9.15 Å². The third kappa shape index (κ3) is 4.20. The van der Waals surface area contributed by atoms with Gasteiger partial charge in [-0.1, -0.05) is 19.1 Å². The lowest BCUT2D eigenvalue weighted by molar-refractivity contribution is -0.384. The molecule has 0 radical (unpaired) electrons. The number of nitrogens with zero attached hydrogens (tertiary/aromatic N) is 3. The van der Waals surface area contributed by atoms with Crippen molar-refractivity contribution in [2.75, 3.05) is 0 Å². The van der Waals surface area contributed by atoms with Crippen LogP contribution in [0.4, 0.5) is 5.69 Å². The summed E-state index contributed by atoms with van der Waals surface area (Å²) in [4.78, 5) is 10.4. The minimum atomic E-state index is -0.421. The van der Waals surface area contributed by atoms with E-state index >= 15 is 0 Å². The lowest BCUT2D eigenvalue weighted by Gasteiger charge is -2.06. The highest BCUT2D eigenvalue weighted by atomic mass is 16.6. The van der Waals surface area contributed by atoms with Crippen molar-refractivity contribution in [3.8, 4) is 17.2 Å². The monoisotopic (exact) mass is 339 g/mol. The molecule has 2 aromatic carbocycles. The van der Waals surface area contributed by atoms with Gasteiger partial charge in [0, 0.05) is 24.1 Å². The third-order valence-corrected chi connectivity index (χ3v) is 3.56. The Labute approximate surface area is 144 Å². The third-order valence-electron chi connectivity index (χ3n) is 3.56. The molecule has 3 aromatic rings. The molecule has 0 atom stereocenters. The molecule has 1 aromatic heterocycles. The Kier molecular flexibility index (Phi) is 5.03. The van der Waals surface area contributed by atoms with E-state index in [0.29, 0.717) is 17.5 Å². The number of hydrogen-bond acceptors (Lipinski definition) is 6. The molecule has 0 N–H and O–H groups in total. The first-order valence-electron chi connectivity index (χ1n) is 7.94. The Hall–Kier alpha value is -3.22. The number of nitro benzene ring substituents is 1. The lowest BCUT2D eigenvalue weighted by Crippen LogP contribution is -1.96. The number of aryl methyl sites for hydroxylation is 1. The zero-order valence-electron chi connectivity index (χ0n) is 13.7. The van der Waals surface area contributed by atoms with Crippen LogP contribution < -0.4 is 4.74 Å². The SMILES string of the molecule is CCCc1nnc(-c2ccc(OCc3cccc([N+](=O)[O-])c3)cc2)o1. The second-order valence-corrected chi connectivity index (χ2v) is 5.49. The molecule has 0 aliphatic rings. The zero-order valence-corrected chi connectivity index (χ0v) is 13.7. The zero-order chi connectivity index (χ0) is 17.6. The van der Waals surface area contributed by atoms with Gasteiger partial charge in [-0.25, -0.2) is 0 Å². The molecule has 128 valence electrons. The first kappa shape index (κ1) is 16.6. The van der Waals surface area contributed by atoms with Crippen LogP contribution in [0.15, 0.2) is 52.9 Å². The first-order valence-corrected chi connectivity index (χ1v) is 7.94. The van der Waals surface area contributed by atoms with Crippen molar-refractivity contribution in [1.29, 1.82) is 0 Å². The summed E-state index contributed by atoms with van der Waals surface area (Å²) in [5.74, 6) is 1.76. The Morgan fingerprint density at radius 3 is 2.68 bits per heavy atom. The van der Waals surface area contributed by atoms with Crippen molar-refractivity contribution in [1.82, 2.24) is 10.2 Å². The van der Waals surface area contributed by atoms with Crippen LogP contribution in [0, 0.1) is 10.1 Å². The van der Waals surface area contributed by atoms with E-state index in [1.165, 1.54) is 12.1 Å². The largest absolute Gasteiger partial charge is 0.489 e. The van der Waals surface area contributed by atoms with E-state index in [-0.39, 0.29) is 12.3 Å². The summed E-state index contributed by atoms with van der Waals surface area (Å²) in [5, 5.41) is 18.8. The van der Waals surface area contributed by atoms with Crippen LogP contribution in [0.3, 0.4) is 0 Å². The fourth-order valence-electron chi connectivity index (χ4n) is 2.31. The molecule has 0 amide bonds. The summed E-state index contributed by atoms with van der Waals surface area (Å²) in [7, 11) is 0. The molecule has 25 heavy (non-hydrogen) atoms. The molecule has 7 heteroatoms. The van der Waals surface area contributed by atoms with Gasteiger partial charge >= 0.3 is 0 Å². The number of benzene rings is 2. The Morgan fingerprint density at radius 2 is 1.96 bits per heavy atom. The van der Waals surface area contributed by atoms with Crippen molar-refractivity contribution in [3.63, 3.8) is 0 Å². The van der Waals surface area contributed by atoms with Crippen LogP contribution in [0.5, 0.6) is 5.75 Å². The highest BCUT2D eigenvalue weighted by Crippen LogP contribution is 2.22. The molecule has 0 saturated carbocycles. The number of non-ortho nitro benzene ring substituents is 1. The van der Waals surface area contributed by atoms with Gasteiger partial charge in [0.2, 0.25) is 11.8 Å². The maximum atomic E-state index is 10.8. The molecule has 0 unspecified atom stereocenters. The average molecular weight is 339 g/mol. The lowest BCUT2D eigenvalue weighted by atomic mass is 10.2. The fourth-order valence-corrected chi connectivity index (χ4v) is 2.31. The summed E-state index contributed by atoms with van der Waals surface area (Å²) in [6.45, 7) is 2.31. The molecule has 0 aliphatic carbocycles. The number of rotatable bonds is 7. The van der Waals surface area contributed by atoms with Crippen LogP contribution in [-0.4, -0.2) is 15.1 Å². The van der Waals surface area contributed by atoms with E-state index in [1.54, 1.807) is 24.3 Å². The maximum absolute atomic E-state index is 10.8. The van der Waals surface area contributed by atoms with E-state index in [0.717, 1.165) is 24.0 Å². The minimum absolute atomic E-state index is 0.0516. The molecule has 0 spiro atoms. The standard InChI is InChI=1S/C18H17N3O4/c1-2-4-17-19-20-18(25-17)14-7-9-16(10-8-14)24-12-13-5-3-6-15(11-13)21(22)23/h3,5-11H,2,4,12H2,1H3. The van der Waals surface area contributed by atoms with Gasteiger partial charge in [-0.15, -0.1) is 10.2 Å². The molecular formula is C18H17N3O4. The summed E-state index contributed by atoms with van der Waals surface area (Å²) >= 11 is 0. The molecule has 0 saturated heterocycles. The summed E-state index contributed by atoms with van der Waals surface area (Å²) in [6.07, 6.45) is 1.71. The number of ether oxygens (including phenoxy) is 1. The van der Waals surface area contributed by atoms with Crippen molar-refractivity contribution >= 4 is 5.69 Å². The molecule has 0 bridgehead atoms. The van der Waals surface area contributed by atoms with Gasteiger partial charge in [0.05, 0.1) is 4.92 Å². The van der Waals surface area contributed by atoms with Gasteiger partial charge in [-0.05, 0) is 36.2 Å². The van der Waals surface area contributed by atoms with Crippen molar-refractivity contribution in [2.45, 2.75) is 26.4 Å². The maximum Gasteiger partial charge on any atom is 0.269 e. The molecule has 0 fully saturated rings. The summed E-state index contributed by atoms with van der Waals surface area (Å²) in [6, 6.07) is 13.7. The summed E-state index contributed by atoms with van der Waals surface area (Å²) < 4.78 is 11.3. The normalized spacial score (nSPS) is 10.6. The second kappa shape index (κ2) is 7.57. The molecule has 7 nitrogen and oxygen atoms in total. The smallest absolute Gasteiger partial charge is 0.269 e. The molecular weight excluding hydrogens is 322 g/mol. The van der Waals surface area contributed by atoms with Gasteiger partial charge in [-0.3, -0.25) is 10.1 Å². The Bertz CT molecular complexity index is 859. The van der Waals surface area contributed by atoms with Gasteiger partial charge in [0.15, 0.2) is 0 Å². The molecule has 3 rings (SSSR count). The topological polar surface area (TPSA) is 91.3 Å².